The van der Waals surface area contributed by atoms with E-state index >= 15 is 0 Å². The van der Waals surface area contributed by atoms with Crippen molar-refractivity contribution in [3.63, 3.8) is 0 Å². The molecule has 1 amide bonds. The first-order valence-electron chi connectivity index (χ1n) is 7.26. The number of carbonyl (C=O) groups is 1. The van der Waals surface area contributed by atoms with Gasteiger partial charge in [0, 0.05) is 16.9 Å². The Bertz CT molecular complexity index is 630. The summed E-state index contributed by atoms with van der Waals surface area (Å²) in [6.45, 7) is 7.24. The van der Waals surface area contributed by atoms with E-state index in [1.54, 1.807) is 0 Å². The van der Waals surface area contributed by atoms with Gasteiger partial charge in [0.05, 0.1) is 0 Å². The van der Waals surface area contributed by atoms with Crippen molar-refractivity contribution >= 4 is 32.6 Å². The van der Waals surface area contributed by atoms with Crippen molar-refractivity contribution in [3.8, 4) is 0 Å². The van der Waals surface area contributed by atoms with Crippen LogP contribution in [0, 0.1) is 5.41 Å². The summed E-state index contributed by atoms with van der Waals surface area (Å²) in [6.07, 6.45) is 1.02. The van der Waals surface area contributed by atoms with E-state index in [0.29, 0.717) is 16.9 Å². The zero-order valence-electron chi connectivity index (χ0n) is 12.8. The number of benzene rings is 2. The van der Waals surface area contributed by atoms with Gasteiger partial charge in [-0.15, -0.1) is 0 Å². The maximum absolute atomic E-state index is 12.2. The van der Waals surface area contributed by atoms with Gasteiger partial charge in [-0.05, 0) is 34.7 Å². The fourth-order valence-corrected chi connectivity index (χ4v) is 3.51. The minimum Gasteiger partial charge on any atom is -0.351 e. The molecule has 2 rings (SSSR count). The number of carbonyl (C=O) groups excluding carboxylic acids is 1. The van der Waals surface area contributed by atoms with Crippen LogP contribution >= 0.6 is 15.9 Å². The molecule has 0 saturated heterocycles. The number of amides is 1. The summed E-state index contributed by atoms with van der Waals surface area (Å²) in [5.74, 6) is -0.0147. The van der Waals surface area contributed by atoms with Crippen molar-refractivity contribution in [1.82, 2.24) is 5.32 Å². The van der Waals surface area contributed by atoms with Gasteiger partial charge in [-0.2, -0.15) is 0 Å². The topological polar surface area (TPSA) is 29.1 Å². The van der Waals surface area contributed by atoms with E-state index in [4.69, 9.17) is 0 Å². The van der Waals surface area contributed by atoms with Crippen molar-refractivity contribution in [3.05, 3.63) is 48.0 Å². The molecule has 112 valence electrons. The highest BCUT2D eigenvalue weighted by Crippen LogP contribution is 2.24. The second kappa shape index (κ2) is 6.61. The van der Waals surface area contributed by atoms with Gasteiger partial charge in [0.2, 0.25) is 0 Å². The standard InChI is InChI=1S/C18H22BrNO/c1-18(2,3)11-16(19)12-20-17(21)15-9-8-13-6-4-5-7-14(13)10-15/h4-10,16H,11-12H2,1-3H3,(H,20,21). The molecule has 1 N–H and O–H groups in total. The van der Waals surface area contributed by atoms with Gasteiger partial charge in [0.25, 0.3) is 5.91 Å². The minimum absolute atomic E-state index is 0.0147. The zero-order valence-corrected chi connectivity index (χ0v) is 14.4. The molecule has 0 heterocycles. The SMILES string of the molecule is CC(C)(C)CC(Br)CNC(=O)c1ccc2ccccc2c1. The summed E-state index contributed by atoms with van der Waals surface area (Å²) in [7, 11) is 0. The van der Waals surface area contributed by atoms with Crippen molar-refractivity contribution < 1.29 is 4.79 Å². The predicted octanol–water partition coefficient (Wildman–Crippen LogP) is 4.77. The number of alkyl halides is 1. The summed E-state index contributed by atoms with van der Waals surface area (Å²) in [4.78, 5) is 12.5. The fourth-order valence-electron chi connectivity index (χ4n) is 2.37. The van der Waals surface area contributed by atoms with Crippen LogP contribution in [0.1, 0.15) is 37.6 Å². The van der Waals surface area contributed by atoms with E-state index in [1.807, 2.05) is 36.4 Å². The molecule has 0 bridgehead atoms. The van der Waals surface area contributed by atoms with Crippen LogP contribution in [-0.4, -0.2) is 17.3 Å². The zero-order chi connectivity index (χ0) is 15.5. The molecule has 1 atom stereocenters. The Labute approximate surface area is 135 Å². The average molecular weight is 348 g/mol. The van der Waals surface area contributed by atoms with Gasteiger partial charge < -0.3 is 5.32 Å². The Morgan fingerprint density at radius 3 is 2.48 bits per heavy atom. The lowest BCUT2D eigenvalue weighted by Gasteiger charge is -2.22. The normalized spacial score (nSPS) is 13.1. The molecular weight excluding hydrogens is 326 g/mol. The molecule has 3 heteroatoms. The number of nitrogens with one attached hydrogen (secondary N) is 1. The van der Waals surface area contributed by atoms with Gasteiger partial charge in [0.1, 0.15) is 0 Å². The van der Waals surface area contributed by atoms with Gasteiger partial charge >= 0.3 is 0 Å². The van der Waals surface area contributed by atoms with Crippen LogP contribution in [0.25, 0.3) is 10.8 Å². The van der Waals surface area contributed by atoms with E-state index in [9.17, 15) is 4.79 Å². The van der Waals surface area contributed by atoms with Crippen molar-refractivity contribution in [2.45, 2.75) is 32.0 Å². The van der Waals surface area contributed by atoms with Gasteiger partial charge in [-0.3, -0.25) is 4.79 Å². The summed E-state index contributed by atoms with van der Waals surface area (Å²) in [5.41, 5.74) is 0.964. The Kier molecular flexibility index (Phi) is 5.04. The highest BCUT2D eigenvalue weighted by molar-refractivity contribution is 9.09. The van der Waals surface area contributed by atoms with Gasteiger partial charge in [0.15, 0.2) is 0 Å². The lowest BCUT2D eigenvalue weighted by Crippen LogP contribution is -2.31. The van der Waals surface area contributed by atoms with E-state index in [1.165, 1.54) is 0 Å². The molecule has 0 aliphatic rings. The predicted molar refractivity (Wildman–Crippen MR) is 93.1 cm³/mol. The largest absolute Gasteiger partial charge is 0.351 e. The molecule has 0 aromatic heterocycles. The van der Waals surface area contributed by atoms with Crippen LogP contribution in [0.2, 0.25) is 0 Å². The Morgan fingerprint density at radius 2 is 1.81 bits per heavy atom. The average Bonchev–Trinajstić information content (AvgIpc) is 2.42. The minimum atomic E-state index is -0.0147. The second-order valence-corrected chi connectivity index (χ2v) is 7.93. The number of fused-ring (bicyclic) bond motifs is 1. The van der Waals surface area contributed by atoms with Crippen LogP contribution in [0.4, 0.5) is 0 Å². The molecular formula is C18H22BrNO. The molecule has 2 aromatic rings. The molecule has 0 spiro atoms. The molecule has 0 saturated carbocycles. The van der Waals surface area contributed by atoms with E-state index in [-0.39, 0.29) is 11.3 Å². The molecule has 0 aliphatic carbocycles. The Morgan fingerprint density at radius 1 is 1.14 bits per heavy atom. The summed E-state index contributed by atoms with van der Waals surface area (Å²) < 4.78 is 0. The molecule has 1 unspecified atom stereocenters. The summed E-state index contributed by atoms with van der Waals surface area (Å²) >= 11 is 3.64. The Hall–Kier alpha value is -1.35. The van der Waals surface area contributed by atoms with Crippen LogP contribution in [-0.2, 0) is 0 Å². The fraction of sp³-hybridized carbons (Fsp3) is 0.389. The monoisotopic (exact) mass is 347 g/mol. The molecule has 21 heavy (non-hydrogen) atoms. The number of hydrogen-bond donors (Lipinski definition) is 1. The smallest absolute Gasteiger partial charge is 0.251 e. The van der Waals surface area contributed by atoms with Crippen LogP contribution < -0.4 is 5.32 Å². The molecule has 2 nitrogen and oxygen atoms in total. The van der Waals surface area contributed by atoms with Crippen molar-refractivity contribution in [2.75, 3.05) is 6.54 Å². The molecule has 0 fully saturated rings. The highest BCUT2D eigenvalue weighted by Gasteiger charge is 2.17. The lowest BCUT2D eigenvalue weighted by molar-refractivity contribution is 0.0952. The third-order valence-electron chi connectivity index (χ3n) is 3.33. The first-order valence-corrected chi connectivity index (χ1v) is 8.18. The molecule has 0 aliphatic heterocycles. The van der Waals surface area contributed by atoms with Crippen LogP contribution in [0.3, 0.4) is 0 Å². The van der Waals surface area contributed by atoms with Crippen LogP contribution in [0.5, 0.6) is 0 Å². The maximum Gasteiger partial charge on any atom is 0.251 e. The maximum atomic E-state index is 12.2. The van der Waals surface area contributed by atoms with Crippen molar-refractivity contribution in [2.24, 2.45) is 5.41 Å². The van der Waals surface area contributed by atoms with Crippen molar-refractivity contribution in [1.29, 1.82) is 0 Å². The first-order chi connectivity index (χ1) is 9.85. The molecule has 0 radical (unpaired) electrons. The number of rotatable bonds is 4. The second-order valence-electron chi connectivity index (χ2n) is 6.63. The molecule has 2 aromatic carbocycles. The number of hydrogen-bond acceptors (Lipinski definition) is 1. The van der Waals surface area contributed by atoms with Crippen LogP contribution in [0.15, 0.2) is 42.5 Å². The van der Waals surface area contributed by atoms with E-state index in [2.05, 4.69) is 48.1 Å². The third-order valence-corrected chi connectivity index (χ3v) is 3.98. The van der Waals surface area contributed by atoms with E-state index < -0.39 is 0 Å². The summed E-state index contributed by atoms with van der Waals surface area (Å²) in [6, 6.07) is 13.9. The quantitative estimate of drug-likeness (QED) is 0.793. The lowest BCUT2D eigenvalue weighted by atomic mass is 9.90. The number of halogens is 1. The first kappa shape index (κ1) is 16.0. The van der Waals surface area contributed by atoms with Gasteiger partial charge in [-0.25, -0.2) is 0 Å². The Balaban J connectivity index is 1.99. The summed E-state index contributed by atoms with van der Waals surface area (Å²) in [5, 5.41) is 5.25. The highest BCUT2D eigenvalue weighted by atomic mass is 79.9. The van der Waals surface area contributed by atoms with Gasteiger partial charge in [-0.1, -0.05) is 67.0 Å². The third kappa shape index (κ3) is 4.85. The van der Waals surface area contributed by atoms with E-state index in [0.717, 1.165) is 17.2 Å².